The third kappa shape index (κ3) is 3.23. The highest BCUT2D eigenvalue weighted by molar-refractivity contribution is 5.92. The van der Waals surface area contributed by atoms with Crippen LogP contribution in [0.15, 0.2) is 18.2 Å². The molecule has 0 saturated carbocycles. The van der Waals surface area contributed by atoms with Crippen LogP contribution < -0.4 is 10.6 Å². The summed E-state index contributed by atoms with van der Waals surface area (Å²) in [6, 6.07) is 5.99. The van der Waals surface area contributed by atoms with Crippen LogP contribution in [0.4, 0.5) is 11.4 Å². The van der Waals surface area contributed by atoms with E-state index in [-0.39, 0.29) is 5.91 Å². The normalized spacial score (nSPS) is 13.6. The van der Waals surface area contributed by atoms with Crippen LogP contribution in [0.5, 0.6) is 0 Å². The maximum atomic E-state index is 11.8. The van der Waals surface area contributed by atoms with Crippen molar-refractivity contribution in [2.24, 2.45) is 0 Å². The molecule has 0 aromatic heterocycles. The minimum Gasteiger partial charge on any atom is -0.385 e. The molecule has 1 aromatic rings. The van der Waals surface area contributed by atoms with Crippen LogP contribution in [0, 0.1) is 0 Å². The molecule has 98 valence electrons. The number of rotatable bonds is 5. The summed E-state index contributed by atoms with van der Waals surface area (Å²) >= 11 is 0. The van der Waals surface area contributed by atoms with Gasteiger partial charge in [-0.05, 0) is 37.5 Å². The highest BCUT2D eigenvalue weighted by Crippen LogP contribution is 2.28. The molecular weight excluding hydrogens is 228 g/mol. The second-order valence-corrected chi connectivity index (χ2v) is 4.36. The molecule has 1 aliphatic heterocycles. The van der Waals surface area contributed by atoms with E-state index in [1.54, 1.807) is 0 Å². The van der Waals surface area contributed by atoms with E-state index in [9.17, 15) is 4.79 Å². The number of nitrogens with one attached hydrogen (secondary N) is 2. The Morgan fingerprint density at radius 1 is 1.50 bits per heavy atom. The summed E-state index contributed by atoms with van der Waals surface area (Å²) in [5.74, 6) is 0.0161. The Morgan fingerprint density at radius 3 is 3.22 bits per heavy atom. The smallest absolute Gasteiger partial charge is 0.226 e. The summed E-state index contributed by atoms with van der Waals surface area (Å²) in [5, 5.41) is 6.32. The Balaban J connectivity index is 1.98. The third-order valence-electron chi connectivity index (χ3n) is 3.05. The van der Waals surface area contributed by atoms with Gasteiger partial charge in [-0.1, -0.05) is 6.07 Å². The van der Waals surface area contributed by atoms with Crippen molar-refractivity contribution in [2.75, 3.05) is 30.4 Å². The predicted molar refractivity (Wildman–Crippen MR) is 73.0 cm³/mol. The fourth-order valence-electron chi connectivity index (χ4n) is 2.15. The van der Waals surface area contributed by atoms with Crippen LogP contribution in [-0.2, 0) is 16.0 Å². The molecule has 0 bridgehead atoms. The fourth-order valence-corrected chi connectivity index (χ4v) is 2.15. The summed E-state index contributed by atoms with van der Waals surface area (Å²) in [6.45, 7) is 4.07. The second-order valence-electron chi connectivity index (χ2n) is 4.36. The molecule has 18 heavy (non-hydrogen) atoms. The minimum atomic E-state index is 0.0161. The van der Waals surface area contributed by atoms with Crippen molar-refractivity contribution < 1.29 is 9.53 Å². The van der Waals surface area contributed by atoms with Crippen molar-refractivity contribution in [3.8, 4) is 0 Å². The van der Waals surface area contributed by atoms with E-state index in [2.05, 4.69) is 16.7 Å². The topological polar surface area (TPSA) is 50.4 Å². The quantitative estimate of drug-likeness (QED) is 0.787. The van der Waals surface area contributed by atoms with Crippen molar-refractivity contribution in [1.29, 1.82) is 0 Å². The van der Waals surface area contributed by atoms with Gasteiger partial charge in [-0.3, -0.25) is 4.79 Å². The molecule has 4 heteroatoms. The van der Waals surface area contributed by atoms with Gasteiger partial charge in [-0.15, -0.1) is 0 Å². The summed E-state index contributed by atoms with van der Waals surface area (Å²) in [6.07, 6.45) is 2.54. The standard InChI is InChI=1S/C14H20N2O2/c1-2-18-10-8-14(17)16-13-7-3-6-12-11(13)5-4-9-15-12/h3,6-7,15H,2,4-5,8-10H2,1H3,(H,16,17). The molecule has 2 rings (SSSR count). The first-order valence-electron chi connectivity index (χ1n) is 6.54. The number of carbonyl (C=O) groups excluding carboxylic acids is 1. The van der Waals surface area contributed by atoms with Crippen LogP contribution >= 0.6 is 0 Å². The van der Waals surface area contributed by atoms with Gasteiger partial charge in [0, 0.05) is 24.5 Å². The molecule has 1 amide bonds. The average molecular weight is 248 g/mol. The zero-order chi connectivity index (χ0) is 12.8. The van der Waals surface area contributed by atoms with Gasteiger partial charge in [-0.2, -0.15) is 0 Å². The van der Waals surface area contributed by atoms with Gasteiger partial charge in [0.25, 0.3) is 0 Å². The molecular formula is C14H20N2O2. The maximum absolute atomic E-state index is 11.8. The molecule has 1 aliphatic rings. The fraction of sp³-hybridized carbons (Fsp3) is 0.500. The van der Waals surface area contributed by atoms with Crippen LogP contribution in [0.2, 0.25) is 0 Å². The Bertz CT molecular complexity index is 418. The zero-order valence-electron chi connectivity index (χ0n) is 10.8. The summed E-state index contributed by atoms with van der Waals surface area (Å²) in [7, 11) is 0. The first-order valence-corrected chi connectivity index (χ1v) is 6.54. The van der Waals surface area contributed by atoms with Gasteiger partial charge in [0.2, 0.25) is 5.91 Å². The van der Waals surface area contributed by atoms with Gasteiger partial charge in [0.05, 0.1) is 13.0 Å². The molecule has 0 saturated heterocycles. The van der Waals surface area contributed by atoms with Gasteiger partial charge in [0.1, 0.15) is 0 Å². The Hall–Kier alpha value is -1.55. The number of hydrogen-bond acceptors (Lipinski definition) is 3. The van der Waals surface area contributed by atoms with E-state index in [0.29, 0.717) is 19.6 Å². The van der Waals surface area contributed by atoms with Gasteiger partial charge >= 0.3 is 0 Å². The maximum Gasteiger partial charge on any atom is 0.226 e. The largest absolute Gasteiger partial charge is 0.385 e. The van der Waals surface area contributed by atoms with Gasteiger partial charge in [0.15, 0.2) is 0 Å². The second kappa shape index (κ2) is 6.40. The molecule has 0 radical (unpaired) electrons. The van der Waals surface area contributed by atoms with E-state index >= 15 is 0 Å². The molecule has 0 spiro atoms. The van der Waals surface area contributed by atoms with Crippen molar-refractivity contribution in [3.63, 3.8) is 0 Å². The van der Waals surface area contributed by atoms with Crippen molar-refractivity contribution in [3.05, 3.63) is 23.8 Å². The number of hydrogen-bond donors (Lipinski definition) is 2. The molecule has 4 nitrogen and oxygen atoms in total. The van der Waals surface area contributed by atoms with E-state index in [1.165, 1.54) is 5.56 Å². The van der Waals surface area contributed by atoms with Crippen LogP contribution in [-0.4, -0.2) is 25.7 Å². The summed E-state index contributed by atoms with van der Waals surface area (Å²) < 4.78 is 5.18. The third-order valence-corrected chi connectivity index (χ3v) is 3.05. The minimum absolute atomic E-state index is 0.0161. The predicted octanol–water partition coefficient (Wildman–Crippen LogP) is 2.41. The molecule has 0 atom stereocenters. The van der Waals surface area contributed by atoms with Crippen molar-refractivity contribution in [2.45, 2.75) is 26.2 Å². The molecule has 1 aromatic carbocycles. The Labute approximate surface area is 108 Å². The lowest BCUT2D eigenvalue weighted by Crippen LogP contribution is -2.18. The number of carbonyl (C=O) groups is 1. The lowest BCUT2D eigenvalue weighted by atomic mass is 10.0. The van der Waals surface area contributed by atoms with Crippen LogP contribution in [0.1, 0.15) is 25.3 Å². The highest BCUT2D eigenvalue weighted by Gasteiger charge is 2.13. The average Bonchev–Trinajstić information content (AvgIpc) is 2.39. The van der Waals surface area contributed by atoms with Gasteiger partial charge in [-0.25, -0.2) is 0 Å². The Morgan fingerprint density at radius 2 is 2.39 bits per heavy atom. The number of benzene rings is 1. The van der Waals surface area contributed by atoms with Crippen molar-refractivity contribution >= 4 is 17.3 Å². The number of ether oxygens (including phenoxy) is 1. The monoisotopic (exact) mass is 248 g/mol. The molecule has 0 fully saturated rings. The van der Waals surface area contributed by atoms with Crippen molar-refractivity contribution in [1.82, 2.24) is 0 Å². The van der Waals surface area contributed by atoms with E-state index in [1.807, 2.05) is 19.1 Å². The van der Waals surface area contributed by atoms with Gasteiger partial charge < -0.3 is 15.4 Å². The SMILES string of the molecule is CCOCCC(=O)Nc1cccc2c1CCCN2. The van der Waals surface area contributed by atoms with Crippen LogP contribution in [0.25, 0.3) is 0 Å². The van der Waals surface area contributed by atoms with Crippen LogP contribution in [0.3, 0.4) is 0 Å². The molecule has 1 heterocycles. The number of amides is 1. The van der Waals surface area contributed by atoms with E-state index < -0.39 is 0 Å². The zero-order valence-corrected chi connectivity index (χ0v) is 10.8. The first-order chi connectivity index (χ1) is 8.81. The Kier molecular flexibility index (Phi) is 4.59. The first kappa shape index (κ1) is 12.9. The summed E-state index contributed by atoms with van der Waals surface area (Å²) in [5.41, 5.74) is 3.29. The molecule has 0 aliphatic carbocycles. The summed E-state index contributed by atoms with van der Waals surface area (Å²) in [4.78, 5) is 11.8. The molecule has 0 unspecified atom stereocenters. The number of fused-ring (bicyclic) bond motifs is 1. The highest BCUT2D eigenvalue weighted by atomic mass is 16.5. The van der Waals surface area contributed by atoms with E-state index in [4.69, 9.17) is 4.74 Å². The molecule has 2 N–H and O–H groups in total. The lowest BCUT2D eigenvalue weighted by molar-refractivity contribution is -0.117. The van der Waals surface area contributed by atoms with E-state index in [0.717, 1.165) is 30.8 Å². The number of anilines is 2. The lowest BCUT2D eigenvalue weighted by Gasteiger charge is -2.21.